The van der Waals surface area contributed by atoms with E-state index in [0.29, 0.717) is 6.61 Å². The van der Waals surface area contributed by atoms with E-state index in [-0.39, 0.29) is 5.97 Å². The number of piperidine rings is 1. The number of rotatable bonds is 3. The molecule has 0 unspecified atom stereocenters. The normalized spacial score (nSPS) is 17.8. The second-order valence-electron chi connectivity index (χ2n) is 4.97. The van der Waals surface area contributed by atoms with E-state index in [9.17, 15) is 4.79 Å². The van der Waals surface area contributed by atoms with Crippen LogP contribution in [0.5, 0.6) is 0 Å². The Morgan fingerprint density at radius 2 is 1.80 bits per heavy atom. The Morgan fingerprint density at radius 3 is 2.30 bits per heavy atom. The van der Waals surface area contributed by atoms with Crippen LogP contribution >= 0.6 is 0 Å². The Balaban J connectivity index is 0.000000956. The van der Waals surface area contributed by atoms with Crippen molar-refractivity contribution >= 4 is 5.97 Å². The predicted octanol–water partition coefficient (Wildman–Crippen LogP) is 1.82. The van der Waals surface area contributed by atoms with Crippen molar-refractivity contribution in [2.75, 3.05) is 33.9 Å². The molecule has 0 spiro atoms. The SMILES string of the molecule is CCOC(=O)C1(c2ccccc2)CCN(C)CC1.CO. The molecule has 1 N–H and O–H groups in total. The summed E-state index contributed by atoms with van der Waals surface area (Å²) in [5, 5.41) is 7.00. The highest BCUT2D eigenvalue weighted by Gasteiger charge is 2.43. The van der Waals surface area contributed by atoms with Gasteiger partial charge in [-0.15, -0.1) is 0 Å². The van der Waals surface area contributed by atoms with Crippen molar-refractivity contribution in [3.05, 3.63) is 35.9 Å². The third-order valence-corrected chi connectivity index (χ3v) is 3.83. The maximum Gasteiger partial charge on any atom is 0.316 e. The standard InChI is InChI=1S/C15H21NO2.CH4O/c1-3-18-14(17)15(9-11-16(2)12-10-15)13-7-5-4-6-8-13;1-2/h4-8H,3,9-12H2,1-2H3;2H,1H3. The Bertz CT molecular complexity index is 397. The van der Waals surface area contributed by atoms with Crippen molar-refractivity contribution < 1.29 is 14.6 Å². The van der Waals surface area contributed by atoms with Crippen LogP contribution in [0.15, 0.2) is 30.3 Å². The molecule has 0 bridgehead atoms. The number of hydrogen-bond acceptors (Lipinski definition) is 4. The van der Waals surface area contributed by atoms with Gasteiger partial charge in [0.25, 0.3) is 0 Å². The zero-order chi connectivity index (χ0) is 15.0. The first-order valence-corrected chi connectivity index (χ1v) is 7.05. The molecule has 1 aliphatic heterocycles. The van der Waals surface area contributed by atoms with Crippen LogP contribution in [0.25, 0.3) is 0 Å². The van der Waals surface area contributed by atoms with Crippen LogP contribution in [0.3, 0.4) is 0 Å². The first-order chi connectivity index (χ1) is 9.69. The molecule has 0 aromatic heterocycles. The fourth-order valence-electron chi connectivity index (χ4n) is 2.64. The highest BCUT2D eigenvalue weighted by molar-refractivity contribution is 5.83. The molecule has 1 aromatic rings. The Kier molecular flexibility index (Phi) is 6.68. The van der Waals surface area contributed by atoms with Crippen molar-refractivity contribution in [1.82, 2.24) is 4.90 Å². The zero-order valence-electron chi connectivity index (χ0n) is 12.6. The molecule has 0 aliphatic carbocycles. The number of benzene rings is 1. The molecule has 4 nitrogen and oxygen atoms in total. The lowest BCUT2D eigenvalue weighted by Crippen LogP contribution is -2.47. The van der Waals surface area contributed by atoms with Gasteiger partial charge in [-0.25, -0.2) is 0 Å². The molecule has 1 fully saturated rings. The fraction of sp³-hybridized carbons (Fsp3) is 0.562. The van der Waals surface area contributed by atoms with E-state index in [1.165, 1.54) is 0 Å². The minimum absolute atomic E-state index is 0.0655. The molecule has 1 heterocycles. The molecule has 1 saturated heterocycles. The summed E-state index contributed by atoms with van der Waals surface area (Å²) in [6.45, 7) is 4.19. The molecule has 1 aliphatic rings. The van der Waals surface area contributed by atoms with Crippen molar-refractivity contribution in [1.29, 1.82) is 0 Å². The van der Waals surface area contributed by atoms with E-state index in [0.717, 1.165) is 38.6 Å². The van der Waals surface area contributed by atoms with Crippen molar-refractivity contribution in [2.45, 2.75) is 25.2 Å². The average Bonchev–Trinajstić information content (AvgIpc) is 2.51. The van der Waals surface area contributed by atoms with E-state index in [2.05, 4.69) is 11.9 Å². The summed E-state index contributed by atoms with van der Waals surface area (Å²) in [7, 11) is 3.10. The van der Waals surface area contributed by atoms with Gasteiger partial charge in [0.1, 0.15) is 0 Å². The Hall–Kier alpha value is -1.39. The smallest absolute Gasteiger partial charge is 0.316 e. The van der Waals surface area contributed by atoms with Crippen LogP contribution < -0.4 is 0 Å². The fourth-order valence-corrected chi connectivity index (χ4v) is 2.64. The van der Waals surface area contributed by atoms with E-state index in [1.807, 2.05) is 37.3 Å². The summed E-state index contributed by atoms with van der Waals surface area (Å²) < 4.78 is 5.32. The molecule has 0 saturated carbocycles. The first-order valence-electron chi connectivity index (χ1n) is 7.05. The largest absolute Gasteiger partial charge is 0.465 e. The molecule has 112 valence electrons. The van der Waals surface area contributed by atoms with Crippen molar-refractivity contribution in [3.63, 3.8) is 0 Å². The van der Waals surface area contributed by atoms with Gasteiger partial charge in [-0.3, -0.25) is 4.79 Å². The first kappa shape index (κ1) is 16.7. The van der Waals surface area contributed by atoms with Gasteiger partial charge in [0.05, 0.1) is 12.0 Å². The van der Waals surface area contributed by atoms with Crippen LogP contribution in [0.2, 0.25) is 0 Å². The molecule has 0 radical (unpaired) electrons. The molecular formula is C16H25NO3. The highest BCUT2D eigenvalue weighted by Crippen LogP contribution is 2.36. The Labute approximate surface area is 121 Å². The van der Waals surface area contributed by atoms with Crippen LogP contribution in [-0.4, -0.2) is 49.8 Å². The van der Waals surface area contributed by atoms with E-state index >= 15 is 0 Å². The molecule has 0 amide bonds. The van der Waals surface area contributed by atoms with Crippen LogP contribution in [0.1, 0.15) is 25.3 Å². The number of esters is 1. The lowest BCUT2D eigenvalue weighted by atomic mass is 9.73. The molecule has 20 heavy (non-hydrogen) atoms. The topological polar surface area (TPSA) is 49.8 Å². The van der Waals surface area contributed by atoms with Gasteiger partial charge in [0.15, 0.2) is 0 Å². The van der Waals surface area contributed by atoms with Gasteiger partial charge >= 0.3 is 5.97 Å². The van der Waals surface area contributed by atoms with E-state index in [1.54, 1.807) is 0 Å². The average molecular weight is 279 g/mol. The summed E-state index contributed by atoms with van der Waals surface area (Å²) in [6, 6.07) is 10.1. The Morgan fingerprint density at radius 1 is 1.25 bits per heavy atom. The second-order valence-corrected chi connectivity index (χ2v) is 4.97. The maximum absolute atomic E-state index is 12.4. The lowest BCUT2D eigenvalue weighted by Gasteiger charge is -2.38. The van der Waals surface area contributed by atoms with Crippen LogP contribution in [0.4, 0.5) is 0 Å². The number of ether oxygens (including phenoxy) is 1. The van der Waals surface area contributed by atoms with Gasteiger partial charge < -0.3 is 14.7 Å². The number of hydrogen-bond donors (Lipinski definition) is 1. The second kappa shape index (κ2) is 8.02. The summed E-state index contributed by atoms with van der Waals surface area (Å²) in [4.78, 5) is 14.7. The number of likely N-dealkylation sites (tertiary alicyclic amines) is 1. The zero-order valence-corrected chi connectivity index (χ0v) is 12.6. The van der Waals surface area contributed by atoms with Gasteiger partial charge in [0, 0.05) is 7.11 Å². The molecule has 1 aromatic carbocycles. The number of carbonyl (C=O) groups excluding carboxylic acids is 1. The van der Waals surface area contributed by atoms with Crippen LogP contribution in [0, 0.1) is 0 Å². The summed E-state index contributed by atoms with van der Waals surface area (Å²) in [5.41, 5.74) is 0.653. The van der Waals surface area contributed by atoms with Crippen molar-refractivity contribution in [3.8, 4) is 0 Å². The molecule has 4 heteroatoms. The van der Waals surface area contributed by atoms with Gasteiger partial charge in [0.2, 0.25) is 0 Å². The summed E-state index contributed by atoms with van der Waals surface area (Å²) in [6.07, 6.45) is 1.68. The monoisotopic (exact) mass is 279 g/mol. The van der Waals surface area contributed by atoms with E-state index in [4.69, 9.17) is 9.84 Å². The maximum atomic E-state index is 12.4. The lowest BCUT2D eigenvalue weighted by molar-refractivity contribution is -0.152. The van der Waals surface area contributed by atoms with E-state index < -0.39 is 5.41 Å². The quantitative estimate of drug-likeness (QED) is 0.858. The number of aliphatic hydroxyl groups is 1. The van der Waals surface area contributed by atoms with Gasteiger partial charge in [-0.05, 0) is 45.5 Å². The molecule has 0 atom stereocenters. The van der Waals surface area contributed by atoms with Crippen molar-refractivity contribution in [2.24, 2.45) is 0 Å². The summed E-state index contributed by atoms with van der Waals surface area (Å²) >= 11 is 0. The third-order valence-electron chi connectivity index (χ3n) is 3.83. The third kappa shape index (κ3) is 3.58. The predicted molar refractivity (Wildman–Crippen MR) is 79.6 cm³/mol. The number of carbonyl (C=O) groups is 1. The minimum Gasteiger partial charge on any atom is -0.465 e. The number of aliphatic hydroxyl groups excluding tert-OH is 1. The highest BCUT2D eigenvalue weighted by atomic mass is 16.5. The minimum atomic E-state index is -0.441. The molecular weight excluding hydrogens is 254 g/mol. The van der Waals surface area contributed by atoms with Crippen LogP contribution in [-0.2, 0) is 14.9 Å². The van der Waals surface area contributed by atoms with Gasteiger partial charge in [-0.1, -0.05) is 30.3 Å². The van der Waals surface area contributed by atoms with Gasteiger partial charge in [-0.2, -0.15) is 0 Å². The summed E-state index contributed by atoms with van der Waals surface area (Å²) in [5.74, 6) is -0.0655. The molecule has 2 rings (SSSR count). The number of nitrogens with zero attached hydrogens (tertiary/aromatic N) is 1.